The largest absolute Gasteiger partial charge is 0.382 e. The normalized spacial score (nSPS) is 26.1. The molecule has 0 aromatic heterocycles. The fourth-order valence-electron chi connectivity index (χ4n) is 2.83. The van der Waals surface area contributed by atoms with Gasteiger partial charge in [0.15, 0.2) is 0 Å². The average Bonchev–Trinajstić information content (AvgIpc) is 2.44. The highest BCUT2D eigenvalue weighted by molar-refractivity contribution is 5.79. The van der Waals surface area contributed by atoms with E-state index in [1.807, 2.05) is 6.92 Å². The first-order valence-electron chi connectivity index (χ1n) is 7.38. The van der Waals surface area contributed by atoms with Gasteiger partial charge in [0.25, 0.3) is 0 Å². The summed E-state index contributed by atoms with van der Waals surface area (Å²) >= 11 is 0. The first kappa shape index (κ1) is 16.2. The Morgan fingerprint density at radius 1 is 1.42 bits per heavy atom. The lowest BCUT2D eigenvalue weighted by atomic mass is 9.84. The minimum Gasteiger partial charge on any atom is -0.382 e. The second-order valence-corrected chi connectivity index (χ2v) is 5.60. The van der Waals surface area contributed by atoms with Crippen molar-refractivity contribution in [2.45, 2.75) is 58.0 Å². The summed E-state index contributed by atoms with van der Waals surface area (Å²) in [6.07, 6.45) is 6.40. The fraction of sp³-hybridized carbons (Fsp3) is 0.929. The third kappa shape index (κ3) is 4.99. The van der Waals surface area contributed by atoms with Crippen molar-refractivity contribution in [3.8, 4) is 0 Å². The van der Waals surface area contributed by atoms with Gasteiger partial charge < -0.3 is 9.64 Å². The molecular formula is C14H30N4O. The second-order valence-electron chi connectivity index (χ2n) is 5.60. The van der Waals surface area contributed by atoms with E-state index in [2.05, 4.69) is 29.3 Å². The van der Waals surface area contributed by atoms with Gasteiger partial charge in [-0.05, 0) is 38.5 Å². The van der Waals surface area contributed by atoms with Crippen molar-refractivity contribution in [1.29, 1.82) is 0 Å². The van der Waals surface area contributed by atoms with Crippen molar-refractivity contribution in [3.63, 3.8) is 0 Å². The SMILES string of the molecule is CCC1CCC(N(C)C(=NC(C)COC)NN)CC1. The number of hydrogen-bond donors (Lipinski definition) is 2. The molecule has 3 N–H and O–H groups in total. The predicted octanol–water partition coefficient (Wildman–Crippen LogP) is 1.74. The van der Waals surface area contributed by atoms with E-state index >= 15 is 0 Å². The van der Waals surface area contributed by atoms with E-state index in [4.69, 9.17) is 10.6 Å². The van der Waals surface area contributed by atoms with Crippen molar-refractivity contribution in [2.75, 3.05) is 20.8 Å². The number of rotatable bonds is 5. The maximum Gasteiger partial charge on any atom is 0.208 e. The van der Waals surface area contributed by atoms with E-state index in [-0.39, 0.29) is 6.04 Å². The van der Waals surface area contributed by atoms with Crippen LogP contribution in [0.5, 0.6) is 0 Å². The van der Waals surface area contributed by atoms with Crippen LogP contribution in [0.4, 0.5) is 0 Å². The molecule has 1 rings (SSSR count). The zero-order valence-electron chi connectivity index (χ0n) is 12.9. The number of nitrogens with zero attached hydrogens (tertiary/aromatic N) is 2. The molecule has 0 aromatic rings. The lowest BCUT2D eigenvalue weighted by Crippen LogP contribution is -2.49. The third-order valence-electron chi connectivity index (χ3n) is 4.16. The van der Waals surface area contributed by atoms with Crippen LogP contribution in [0.3, 0.4) is 0 Å². The third-order valence-corrected chi connectivity index (χ3v) is 4.16. The van der Waals surface area contributed by atoms with Crippen LogP contribution in [0.1, 0.15) is 46.0 Å². The molecule has 5 nitrogen and oxygen atoms in total. The standard InChI is InChI=1S/C14H30N4O/c1-5-12-6-8-13(9-7-12)18(3)14(17-15)16-11(2)10-19-4/h11-13H,5-10,15H2,1-4H3,(H,16,17). The van der Waals surface area contributed by atoms with Gasteiger partial charge in [-0.2, -0.15) is 0 Å². The Kier molecular flexibility index (Phi) is 7.16. The molecule has 0 bridgehead atoms. The van der Waals surface area contributed by atoms with Crippen LogP contribution in [-0.2, 0) is 4.74 Å². The minimum atomic E-state index is 0.116. The highest BCUT2D eigenvalue weighted by Gasteiger charge is 2.24. The van der Waals surface area contributed by atoms with Crippen molar-refractivity contribution >= 4 is 5.96 Å². The predicted molar refractivity (Wildman–Crippen MR) is 79.9 cm³/mol. The second kappa shape index (κ2) is 8.38. The number of guanidine groups is 1. The van der Waals surface area contributed by atoms with Crippen LogP contribution in [0, 0.1) is 5.92 Å². The molecule has 0 amide bonds. The summed E-state index contributed by atoms with van der Waals surface area (Å²) in [7, 11) is 3.77. The van der Waals surface area contributed by atoms with E-state index in [0.29, 0.717) is 12.6 Å². The molecule has 0 aliphatic heterocycles. The van der Waals surface area contributed by atoms with Gasteiger partial charge in [0.05, 0.1) is 12.6 Å². The molecule has 0 heterocycles. The molecule has 0 radical (unpaired) electrons. The molecule has 112 valence electrons. The molecule has 1 aliphatic rings. The van der Waals surface area contributed by atoms with Gasteiger partial charge in [0, 0.05) is 20.2 Å². The van der Waals surface area contributed by atoms with Gasteiger partial charge in [0.2, 0.25) is 5.96 Å². The Morgan fingerprint density at radius 3 is 2.53 bits per heavy atom. The summed E-state index contributed by atoms with van der Waals surface area (Å²) in [5, 5.41) is 0. The number of nitrogens with one attached hydrogen (secondary N) is 1. The van der Waals surface area contributed by atoms with Gasteiger partial charge in [-0.3, -0.25) is 5.43 Å². The molecule has 1 fully saturated rings. The smallest absolute Gasteiger partial charge is 0.208 e. The quantitative estimate of drug-likeness (QED) is 0.346. The van der Waals surface area contributed by atoms with Gasteiger partial charge in [0.1, 0.15) is 0 Å². The summed E-state index contributed by atoms with van der Waals surface area (Å²) in [5.74, 6) is 7.29. The first-order chi connectivity index (χ1) is 9.12. The van der Waals surface area contributed by atoms with Crippen LogP contribution >= 0.6 is 0 Å². The van der Waals surface area contributed by atoms with Crippen molar-refractivity contribution in [1.82, 2.24) is 10.3 Å². The zero-order chi connectivity index (χ0) is 14.3. The summed E-state index contributed by atoms with van der Waals surface area (Å²) in [4.78, 5) is 6.77. The minimum absolute atomic E-state index is 0.116. The Hall–Kier alpha value is -0.810. The average molecular weight is 270 g/mol. The molecule has 0 saturated heterocycles. The number of hydrogen-bond acceptors (Lipinski definition) is 3. The topological polar surface area (TPSA) is 62.9 Å². The first-order valence-corrected chi connectivity index (χ1v) is 7.38. The monoisotopic (exact) mass is 270 g/mol. The molecule has 0 aromatic carbocycles. The van der Waals surface area contributed by atoms with E-state index in [0.717, 1.165) is 11.9 Å². The van der Waals surface area contributed by atoms with E-state index in [1.54, 1.807) is 7.11 Å². The number of hydrazine groups is 1. The van der Waals surface area contributed by atoms with E-state index in [9.17, 15) is 0 Å². The lowest BCUT2D eigenvalue weighted by Gasteiger charge is -2.36. The van der Waals surface area contributed by atoms with Crippen LogP contribution in [0.2, 0.25) is 0 Å². The van der Waals surface area contributed by atoms with Gasteiger partial charge in [-0.15, -0.1) is 0 Å². The molecule has 19 heavy (non-hydrogen) atoms. The van der Waals surface area contributed by atoms with Crippen LogP contribution in [-0.4, -0.2) is 43.7 Å². The molecule has 5 heteroatoms. The molecule has 1 unspecified atom stereocenters. The maximum absolute atomic E-state index is 5.62. The van der Waals surface area contributed by atoms with Crippen LogP contribution in [0.15, 0.2) is 4.99 Å². The number of nitrogens with two attached hydrogens (primary N) is 1. The highest BCUT2D eigenvalue weighted by Crippen LogP contribution is 2.28. The summed E-state index contributed by atoms with van der Waals surface area (Å²) in [6.45, 7) is 4.93. The summed E-state index contributed by atoms with van der Waals surface area (Å²) in [5.41, 5.74) is 2.73. The van der Waals surface area contributed by atoms with Gasteiger partial charge in [-0.1, -0.05) is 13.3 Å². The van der Waals surface area contributed by atoms with Crippen molar-refractivity contribution in [3.05, 3.63) is 0 Å². The van der Waals surface area contributed by atoms with E-state index in [1.165, 1.54) is 32.1 Å². The molecule has 1 saturated carbocycles. The summed E-state index contributed by atoms with van der Waals surface area (Å²) in [6, 6.07) is 0.665. The Morgan fingerprint density at radius 2 is 2.05 bits per heavy atom. The lowest BCUT2D eigenvalue weighted by molar-refractivity contribution is 0.183. The van der Waals surface area contributed by atoms with Crippen LogP contribution < -0.4 is 11.3 Å². The van der Waals surface area contributed by atoms with Gasteiger partial charge in [-0.25, -0.2) is 10.8 Å². The highest BCUT2D eigenvalue weighted by atomic mass is 16.5. The maximum atomic E-state index is 5.62. The van der Waals surface area contributed by atoms with Crippen LogP contribution in [0.25, 0.3) is 0 Å². The number of methoxy groups -OCH3 is 1. The molecule has 1 aliphatic carbocycles. The molecule has 1 atom stereocenters. The van der Waals surface area contributed by atoms with Gasteiger partial charge >= 0.3 is 0 Å². The van der Waals surface area contributed by atoms with Crippen molar-refractivity contribution < 1.29 is 4.74 Å². The fourth-order valence-corrected chi connectivity index (χ4v) is 2.83. The zero-order valence-corrected chi connectivity index (χ0v) is 12.9. The number of aliphatic imine (C=N–C) groups is 1. The Balaban J connectivity index is 2.56. The van der Waals surface area contributed by atoms with E-state index < -0.39 is 0 Å². The summed E-state index contributed by atoms with van der Waals surface area (Å²) < 4.78 is 5.11. The molecule has 0 spiro atoms. The Bertz CT molecular complexity index is 275. The Labute approximate surface area is 117 Å². The number of ether oxygens (including phenoxy) is 1. The van der Waals surface area contributed by atoms with Crippen molar-refractivity contribution in [2.24, 2.45) is 16.8 Å². The molecular weight excluding hydrogens is 240 g/mol.